The van der Waals surface area contributed by atoms with Gasteiger partial charge in [0.25, 0.3) is 11.8 Å². The molecule has 1 aliphatic rings. The smallest absolute Gasteiger partial charge is 0.254 e. The first-order valence-electron chi connectivity index (χ1n) is 8.42. The maximum atomic E-state index is 12.7. The standard InChI is InChI=1S/C18H26N2O5/c1-5-25-13(2)17(21)19-6-8-20(9-7-19)18(22)14-10-15(23-3)12-16(11-14)24-4/h10-13H,5-9H2,1-4H3. The summed E-state index contributed by atoms with van der Waals surface area (Å²) in [4.78, 5) is 28.5. The lowest BCUT2D eigenvalue weighted by Gasteiger charge is -2.36. The van der Waals surface area contributed by atoms with Gasteiger partial charge in [-0.3, -0.25) is 9.59 Å². The lowest BCUT2D eigenvalue weighted by atomic mass is 10.1. The molecule has 0 aromatic heterocycles. The molecule has 1 aliphatic heterocycles. The van der Waals surface area contributed by atoms with Crippen LogP contribution < -0.4 is 9.47 Å². The first kappa shape index (κ1) is 19.1. The zero-order chi connectivity index (χ0) is 18.4. The van der Waals surface area contributed by atoms with E-state index in [1.54, 1.807) is 49.1 Å². The fourth-order valence-electron chi connectivity index (χ4n) is 2.82. The summed E-state index contributed by atoms with van der Waals surface area (Å²) in [5, 5.41) is 0. The molecule has 1 heterocycles. The molecule has 0 radical (unpaired) electrons. The Labute approximate surface area is 148 Å². The summed E-state index contributed by atoms with van der Waals surface area (Å²) in [6.45, 7) is 6.11. The first-order valence-corrected chi connectivity index (χ1v) is 8.42. The maximum absolute atomic E-state index is 12.7. The normalized spacial score (nSPS) is 15.7. The second-order valence-electron chi connectivity index (χ2n) is 5.82. The van der Waals surface area contributed by atoms with E-state index in [0.29, 0.717) is 49.8 Å². The summed E-state index contributed by atoms with van der Waals surface area (Å²) in [5.74, 6) is 1.02. The Kier molecular flexibility index (Phi) is 6.64. The number of hydrogen-bond acceptors (Lipinski definition) is 5. The van der Waals surface area contributed by atoms with Crippen molar-refractivity contribution in [3.8, 4) is 11.5 Å². The van der Waals surface area contributed by atoms with Gasteiger partial charge < -0.3 is 24.0 Å². The molecule has 25 heavy (non-hydrogen) atoms. The van der Waals surface area contributed by atoms with E-state index in [1.165, 1.54) is 0 Å². The Morgan fingerprint density at radius 2 is 1.52 bits per heavy atom. The van der Waals surface area contributed by atoms with Crippen LogP contribution in [0, 0.1) is 0 Å². The SMILES string of the molecule is CCOC(C)C(=O)N1CCN(C(=O)c2cc(OC)cc(OC)c2)CC1. The lowest BCUT2D eigenvalue weighted by Crippen LogP contribution is -2.52. The van der Waals surface area contributed by atoms with Gasteiger partial charge in [-0.05, 0) is 26.0 Å². The number of rotatable bonds is 6. The van der Waals surface area contributed by atoms with Crippen LogP contribution in [0.4, 0.5) is 0 Å². The molecule has 2 rings (SSSR count). The van der Waals surface area contributed by atoms with E-state index in [1.807, 2.05) is 6.92 Å². The van der Waals surface area contributed by atoms with Crippen LogP contribution in [-0.2, 0) is 9.53 Å². The van der Waals surface area contributed by atoms with E-state index < -0.39 is 6.10 Å². The van der Waals surface area contributed by atoms with E-state index in [9.17, 15) is 9.59 Å². The van der Waals surface area contributed by atoms with E-state index in [0.717, 1.165) is 0 Å². The number of amides is 2. The third-order valence-corrected chi connectivity index (χ3v) is 4.24. The van der Waals surface area contributed by atoms with E-state index in [4.69, 9.17) is 14.2 Å². The molecule has 7 nitrogen and oxygen atoms in total. The maximum Gasteiger partial charge on any atom is 0.254 e. The third kappa shape index (κ3) is 4.63. The average molecular weight is 350 g/mol. The summed E-state index contributed by atoms with van der Waals surface area (Å²) in [5.41, 5.74) is 0.513. The molecule has 0 saturated carbocycles. The van der Waals surface area contributed by atoms with Gasteiger partial charge in [0.15, 0.2) is 0 Å². The van der Waals surface area contributed by atoms with Gasteiger partial charge in [0, 0.05) is 44.4 Å². The van der Waals surface area contributed by atoms with Crippen LogP contribution in [0.5, 0.6) is 11.5 Å². The van der Waals surface area contributed by atoms with Crippen LogP contribution in [0.15, 0.2) is 18.2 Å². The highest BCUT2D eigenvalue weighted by molar-refractivity contribution is 5.95. The highest BCUT2D eigenvalue weighted by Gasteiger charge is 2.28. The van der Waals surface area contributed by atoms with Crippen molar-refractivity contribution in [1.29, 1.82) is 0 Å². The first-order chi connectivity index (χ1) is 12.0. The van der Waals surface area contributed by atoms with Gasteiger partial charge in [0.2, 0.25) is 0 Å². The number of piperazine rings is 1. The van der Waals surface area contributed by atoms with Crippen molar-refractivity contribution in [2.45, 2.75) is 20.0 Å². The van der Waals surface area contributed by atoms with E-state index in [2.05, 4.69) is 0 Å². The predicted octanol–water partition coefficient (Wildman–Crippen LogP) is 1.41. The zero-order valence-electron chi connectivity index (χ0n) is 15.3. The quantitative estimate of drug-likeness (QED) is 0.776. The van der Waals surface area contributed by atoms with Crippen molar-refractivity contribution >= 4 is 11.8 Å². The van der Waals surface area contributed by atoms with Crippen LogP contribution in [0.1, 0.15) is 24.2 Å². The van der Waals surface area contributed by atoms with Crippen LogP contribution in [0.25, 0.3) is 0 Å². The van der Waals surface area contributed by atoms with Gasteiger partial charge >= 0.3 is 0 Å². The molecule has 0 spiro atoms. The molecule has 0 bridgehead atoms. The van der Waals surface area contributed by atoms with Crippen molar-refractivity contribution < 1.29 is 23.8 Å². The van der Waals surface area contributed by atoms with Crippen molar-refractivity contribution in [3.05, 3.63) is 23.8 Å². The van der Waals surface area contributed by atoms with Gasteiger partial charge in [-0.25, -0.2) is 0 Å². The largest absolute Gasteiger partial charge is 0.497 e. The van der Waals surface area contributed by atoms with Gasteiger partial charge in [-0.2, -0.15) is 0 Å². The van der Waals surface area contributed by atoms with Crippen LogP contribution >= 0.6 is 0 Å². The van der Waals surface area contributed by atoms with Gasteiger partial charge in [-0.1, -0.05) is 0 Å². The summed E-state index contributed by atoms with van der Waals surface area (Å²) < 4.78 is 15.8. The number of methoxy groups -OCH3 is 2. The van der Waals surface area contributed by atoms with Crippen molar-refractivity contribution in [2.75, 3.05) is 47.0 Å². The predicted molar refractivity (Wildman–Crippen MR) is 93.1 cm³/mol. The van der Waals surface area contributed by atoms with Crippen molar-refractivity contribution in [1.82, 2.24) is 9.80 Å². The zero-order valence-corrected chi connectivity index (χ0v) is 15.3. The van der Waals surface area contributed by atoms with Crippen LogP contribution in [-0.4, -0.2) is 74.7 Å². The second-order valence-corrected chi connectivity index (χ2v) is 5.82. The number of carbonyl (C=O) groups is 2. The number of benzene rings is 1. The molecular formula is C18H26N2O5. The molecule has 1 aromatic carbocycles. The number of carbonyl (C=O) groups excluding carboxylic acids is 2. The molecule has 1 saturated heterocycles. The highest BCUT2D eigenvalue weighted by atomic mass is 16.5. The summed E-state index contributed by atoms with van der Waals surface area (Å²) in [7, 11) is 3.10. The Balaban J connectivity index is 2.01. The Hall–Kier alpha value is -2.28. The molecule has 1 aromatic rings. The van der Waals surface area contributed by atoms with E-state index in [-0.39, 0.29) is 11.8 Å². The number of hydrogen-bond donors (Lipinski definition) is 0. The summed E-state index contributed by atoms with van der Waals surface area (Å²) in [6.07, 6.45) is -0.449. The monoisotopic (exact) mass is 350 g/mol. The minimum absolute atomic E-state index is 0.0306. The van der Waals surface area contributed by atoms with E-state index >= 15 is 0 Å². The molecule has 0 N–H and O–H groups in total. The Morgan fingerprint density at radius 3 is 2.00 bits per heavy atom. The fourth-order valence-corrected chi connectivity index (χ4v) is 2.82. The summed E-state index contributed by atoms with van der Waals surface area (Å²) in [6, 6.07) is 5.11. The number of nitrogens with zero attached hydrogens (tertiary/aromatic N) is 2. The highest BCUT2D eigenvalue weighted by Crippen LogP contribution is 2.23. The Bertz CT molecular complexity index is 589. The van der Waals surface area contributed by atoms with Crippen molar-refractivity contribution in [2.24, 2.45) is 0 Å². The summed E-state index contributed by atoms with van der Waals surface area (Å²) >= 11 is 0. The van der Waals surface area contributed by atoms with Gasteiger partial charge in [0.05, 0.1) is 14.2 Å². The van der Waals surface area contributed by atoms with Gasteiger partial charge in [-0.15, -0.1) is 0 Å². The molecule has 138 valence electrons. The Morgan fingerprint density at radius 1 is 1.00 bits per heavy atom. The molecule has 0 aliphatic carbocycles. The molecule has 1 unspecified atom stereocenters. The average Bonchev–Trinajstić information content (AvgIpc) is 2.66. The number of ether oxygens (including phenoxy) is 3. The second kappa shape index (κ2) is 8.71. The molecular weight excluding hydrogens is 324 g/mol. The topological polar surface area (TPSA) is 68.3 Å². The lowest BCUT2D eigenvalue weighted by molar-refractivity contribution is -0.143. The van der Waals surface area contributed by atoms with Crippen LogP contribution in [0.3, 0.4) is 0 Å². The van der Waals surface area contributed by atoms with Gasteiger partial charge in [0.1, 0.15) is 17.6 Å². The third-order valence-electron chi connectivity index (χ3n) is 4.24. The minimum atomic E-state index is -0.449. The fraction of sp³-hybridized carbons (Fsp3) is 0.556. The molecule has 1 atom stereocenters. The molecule has 7 heteroatoms. The minimum Gasteiger partial charge on any atom is -0.497 e. The molecule has 1 fully saturated rings. The van der Waals surface area contributed by atoms with Crippen molar-refractivity contribution in [3.63, 3.8) is 0 Å². The molecule has 2 amide bonds. The van der Waals surface area contributed by atoms with Crippen LogP contribution in [0.2, 0.25) is 0 Å².